The third-order valence-corrected chi connectivity index (χ3v) is 9.19. The van der Waals surface area contributed by atoms with Gasteiger partial charge in [-0.25, -0.2) is 9.78 Å². The fourth-order valence-corrected chi connectivity index (χ4v) is 6.66. The Morgan fingerprint density at radius 1 is 0.980 bits per heavy atom. The van der Waals surface area contributed by atoms with Gasteiger partial charge in [0.05, 0.1) is 19.6 Å². The number of carbonyl (C=O) groups excluding carboxylic acids is 4. The number of phenols is 1. The molecule has 1 fully saturated rings. The number of phenolic OH excluding ortho intramolecular Hbond substituents is 1. The zero-order valence-electron chi connectivity index (χ0n) is 30.1. The summed E-state index contributed by atoms with van der Waals surface area (Å²) in [5.74, 6) is -0.433. The van der Waals surface area contributed by atoms with Crippen molar-refractivity contribution in [2.75, 3.05) is 25.1 Å². The highest BCUT2D eigenvalue weighted by Crippen LogP contribution is 2.35. The smallest absolute Gasteiger partial charge is 0.416 e. The molecule has 2 heterocycles. The molecule has 1 N–H and O–H groups in total. The lowest BCUT2D eigenvalue weighted by atomic mass is 9.87. The van der Waals surface area contributed by atoms with Gasteiger partial charge < -0.3 is 19.5 Å². The van der Waals surface area contributed by atoms with Gasteiger partial charge in [-0.05, 0) is 92.8 Å². The van der Waals surface area contributed by atoms with E-state index < -0.39 is 29.6 Å². The second-order valence-electron chi connectivity index (χ2n) is 14.1. The Hall–Kier alpha value is -5.25. The zero-order valence-corrected chi connectivity index (χ0v) is 30.1. The zero-order chi connectivity index (χ0) is 36.7. The van der Waals surface area contributed by atoms with Crippen LogP contribution in [0.2, 0.25) is 0 Å². The predicted octanol–water partition coefficient (Wildman–Crippen LogP) is 7.73. The number of aromatic nitrogens is 1. The summed E-state index contributed by atoms with van der Waals surface area (Å²) in [4.78, 5) is 60.4. The number of hydrogen-bond acceptors (Lipinski definition) is 8. The number of fused-ring (bicyclic) bond motifs is 1. The molecule has 0 radical (unpaired) electrons. The Kier molecular flexibility index (Phi) is 11.7. The van der Waals surface area contributed by atoms with Crippen molar-refractivity contribution in [3.05, 3.63) is 90.1 Å². The number of methoxy groups -OCH3 is 1. The highest BCUT2D eigenvalue weighted by molar-refractivity contribution is 6.00. The number of amides is 2. The molecule has 1 aliphatic rings. The molecule has 0 saturated carbocycles. The SMILES string of the molecule is COC(=O)C[C@H](CC(=O)[C@@H]1CCCN1C(=O)CCCN(C(=O)OC(C)(C)C)c1cc(C)ccn1)c1ccc(-c2ccc(O)c3ccccc23)cc1. The van der Waals surface area contributed by atoms with Crippen LogP contribution in [0.15, 0.2) is 79.0 Å². The maximum absolute atomic E-state index is 13.9. The van der Waals surface area contributed by atoms with Crippen molar-refractivity contribution in [2.45, 2.75) is 83.8 Å². The molecule has 2 amide bonds. The Morgan fingerprint density at radius 3 is 2.39 bits per heavy atom. The van der Waals surface area contributed by atoms with E-state index >= 15 is 0 Å². The fourth-order valence-electron chi connectivity index (χ4n) is 6.66. The minimum Gasteiger partial charge on any atom is -0.507 e. The molecule has 0 unspecified atom stereocenters. The molecule has 0 aliphatic carbocycles. The van der Waals surface area contributed by atoms with Crippen LogP contribution in [0.4, 0.5) is 10.6 Å². The number of anilines is 1. The van der Waals surface area contributed by atoms with Gasteiger partial charge in [-0.3, -0.25) is 19.3 Å². The first-order valence-electron chi connectivity index (χ1n) is 17.5. The number of likely N-dealkylation sites (tertiary alicyclic amines) is 1. The van der Waals surface area contributed by atoms with E-state index in [2.05, 4.69) is 4.98 Å². The number of aromatic hydroxyl groups is 1. The van der Waals surface area contributed by atoms with Gasteiger partial charge in [0.1, 0.15) is 17.2 Å². The Labute approximate surface area is 299 Å². The summed E-state index contributed by atoms with van der Waals surface area (Å²) in [6, 6.07) is 22.0. The molecule has 1 saturated heterocycles. The number of nitrogens with zero attached hydrogens (tertiary/aromatic N) is 3. The average molecular weight is 694 g/mol. The van der Waals surface area contributed by atoms with Crippen LogP contribution in [0.3, 0.4) is 0 Å². The van der Waals surface area contributed by atoms with Crippen molar-refractivity contribution in [3.8, 4) is 16.9 Å². The summed E-state index contributed by atoms with van der Waals surface area (Å²) in [6.07, 6.45) is 2.97. The average Bonchev–Trinajstić information content (AvgIpc) is 3.60. The molecule has 1 aromatic heterocycles. The van der Waals surface area contributed by atoms with Gasteiger partial charge in [-0.15, -0.1) is 0 Å². The van der Waals surface area contributed by atoms with Crippen LogP contribution in [0.25, 0.3) is 21.9 Å². The molecule has 0 bridgehead atoms. The highest BCUT2D eigenvalue weighted by atomic mass is 16.6. The minimum absolute atomic E-state index is 0.0257. The van der Waals surface area contributed by atoms with E-state index in [1.807, 2.05) is 67.6 Å². The molecule has 2 atom stereocenters. The van der Waals surface area contributed by atoms with Crippen LogP contribution in [0.5, 0.6) is 5.75 Å². The molecule has 51 heavy (non-hydrogen) atoms. The monoisotopic (exact) mass is 693 g/mol. The van der Waals surface area contributed by atoms with Crippen molar-refractivity contribution in [2.24, 2.45) is 0 Å². The van der Waals surface area contributed by atoms with Gasteiger partial charge in [0.25, 0.3) is 0 Å². The van der Waals surface area contributed by atoms with Crippen LogP contribution in [-0.4, -0.2) is 70.6 Å². The van der Waals surface area contributed by atoms with Crippen LogP contribution in [0.1, 0.15) is 76.3 Å². The summed E-state index contributed by atoms with van der Waals surface area (Å²) >= 11 is 0. The topological polar surface area (TPSA) is 126 Å². The molecule has 268 valence electrons. The third-order valence-electron chi connectivity index (χ3n) is 9.19. The largest absolute Gasteiger partial charge is 0.507 e. The number of aryl methyl sites for hydroxylation is 1. The predicted molar refractivity (Wildman–Crippen MR) is 197 cm³/mol. The maximum Gasteiger partial charge on any atom is 0.416 e. The normalized spacial score (nSPS) is 15.0. The summed E-state index contributed by atoms with van der Waals surface area (Å²) in [7, 11) is 1.33. The molecular formula is C41H47N3O7. The first kappa shape index (κ1) is 37.0. The minimum atomic E-state index is -0.701. The first-order chi connectivity index (χ1) is 24.3. The van der Waals surface area contributed by atoms with Crippen LogP contribution in [0, 0.1) is 6.92 Å². The second-order valence-corrected chi connectivity index (χ2v) is 14.1. The number of hydrogen-bond donors (Lipinski definition) is 1. The van der Waals surface area contributed by atoms with Gasteiger partial charge in [-0.2, -0.15) is 0 Å². The summed E-state index contributed by atoms with van der Waals surface area (Å²) < 4.78 is 10.6. The lowest BCUT2D eigenvalue weighted by Crippen LogP contribution is -2.42. The van der Waals surface area contributed by atoms with Crippen molar-refractivity contribution in [3.63, 3.8) is 0 Å². The van der Waals surface area contributed by atoms with Gasteiger partial charge in [0, 0.05) is 43.4 Å². The van der Waals surface area contributed by atoms with E-state index in [0.717, 1.165) is 33.0 Å². The Morgan fingerprint density at radius 2 is 1.71 bits per heavy atom. The highest BCUT2D eigenvalue weighted by Gasteiger charge is 2.35. The molecule has 4 aromatic rings. The molecule has 3 aromatic carbocycles. The van der Waals surface area contributed by atoms with E-state index in [0.29, 0.717) is 31.6 Å². The van der Waals surface area contributed by atoms with E-state index in [1.165, 1.54) is 12.0 Å². The van der Waals surface area contributed by atoms with Gasteiger partial charge in [0.15, 0.2) is 5.78 Å². The lowest BCUT2D eigenvalue weighted by molar-refractivity contribution is -0.141. The molecule has 1 aliphatic heterocycles. The number of rotatable bonds is 12. The fraction of sp³-hybridized carbons (Fsp3) is 0.390. The van der Waals surface area contributed by atoms with E-state index in [4.69, 9.17) is 9.47 Å². The molecule has 10 nitrogen and oxygen atoms in total. The van der Waals surface area contributed by atoms with Crippen molar-refractivity contribution < 1.29 is 33.8 Å². The van der Waals surface area contributed by atoms with Crippen LogP contribution in [-0.2, 0) is 23.9 Å². The van der Waals surface area contributed by atoms with Gasteiger partial charge in [0.2, 0.25) is 5.91 Å². The first-order valence-corrected chi connectivity index (χ1v) is 17.5. The number of Topliss-reactive ketones (excluding diaryl/α,β-unsaturated/α-hetero) is 1. The molecular weight excluding hydrogens is 646 g/mol. The van der Waals surface area contributed by atoms with Crippen molar-refractivity contribution in [1.29, 1.82) is 0 Å². The second kappa shape index (κ2) is 16.2. The number of ether oxygens (including phenoxy) is 2. The maximum atomic E-state index is 13.9. The number of esters is 1. The number of benzene rings is 3. The van der Waals surface area contributed by atoms with Crippen LogP contribution < -0.4 is 4.90 Å². The van der Waals surface area contributed by atoms with Crippen molar-refractivity contribution in [1.82, 2.24) is 9.88 Å². The van der Waals surface area contributed by atoms with Crippen molar-refractivity contribution >= 4 is 40.3 Å². The number of pyridine rings is 1. The van der Waals surface area contributed by atoms with E-state index in [9.17, 15) is 24.3 Å². The quantitative estimate of drug-likeness (QED) is 0.149. The Bertz CT molecular complexity index is 1880. The lowest BCUT2D eigenvalue weighted by Gasteiger charge is -2.28. The van der Waals surface area contributed by atoms with Gasteiger partial charge in [-0.1, -0.05) is 54.6 Å². The van der Waals surface area contributed by atoms with Gasteiger partial charge >= 0.3 is 12.1 Å². The third kappa shape index (κ3) is 9.31. The number of ketones is 1. The molecule has 5 rings (SSSR count). The molecule has 0 spiro atoms. The molecule has 10 heteroatoms. The van der Waals surface area contributed by atoms with Crippen LogP contribution >= 0.6 is 0 Å². The van der Waals surface area contributed by atoms with E-state index in [1.54, 1.807) is 44.0 Å². The number of carbonyl (C=O) groups is 4. The standard InChI is InChI=1S/C41H47N3O7/c1-27-20-21-42-37(24-27)44(40(49)51-41(2,3)4)23-9-13-38(47)43-22-8-12-34(43)36(46)25-30(26-39(48)50-5)28-14-16-29(17-15-28)31-18-19-35(45)33-11-7-6-10-32(31)33/h6-7,10-11,14-21,24,30,34,45H,8-9,12-13,22-23,25-26H2,1-5H3/t30-,34-/m0/s1. The summed E-state index contributed by atoms with van der Waals surface area (Å²) in [6.45, 7) is 8.00. The summed E-state index contributed by atoms with van der Waals surface area (Å²) in [5.41, 5.74) is 2.96. The summed E-state index contributed by atoms with van der Waals surface area (Å²) in [5, 5.41) is 12.0. The Balaban J connectivity index is 1.26. The van der Waals surface area contributed by atoms with E-state index in [-0.39, 0.29) is 43.2 Å².